The molecule has 2 aliphatic heterocycles. The molecule has 0 saturated carbocycles. The number of rotatable bonds is 3. The third-order valence-corrected chi connectivity index (χ3v) is 5.60. The molecular formula is C23H22N4O2. The minimum absolute atomic E-state index is 0.155. The van der Waals surface area contributed by atoms with Crippen LogP contribution in [0.3, 0.4) is 0 Å². The summed E-state index contributed by atoms with van der Waals surface area (Å²) in [7, 11) is 1.66. The highest BCUT2D eigenvalue weighted by Gasteiger charge is 2.26. The lowest BCUT2D eigenvalue weighted by molar-refractivity contribution is 0.0966. The van der Waals surface area contributed by atoms with Gasteiger partial charge in [0.15, 0.2) is 0 Å². The Morgan fingerprint density at radius 3 is 2.83 bits per heavy atom. The van der Waals surface area contributed by atoms with E-state index in [0.29, 0.717) is 18.0 Å². The highest BCUT2D eigenvalue weighted by Crippen LogP contribution is 2.42. The highest BCUT2D eigenvalue weighted by atomic mass is 16.5. The fraction of sp³-hybridized carbons (Fsp3) is 0.261. The molecule has 0 atom stereocenters. The van der Waals surface area contributed by atoms with E-state index < -0.39 is 0 Å². The van der Waals surface area contributed by atoms with Crippen molar-refractivity contribution in [1.29, 1.82) is 0 Å². The number of hydrogen-bond acceptors (Lipinski definition) is 4. The molecular weight excluding hydrogens is 364 g/mol. The number of imidazole rings is 1. The standard InChI is InChI=1S/C23H22N4O2/c1-29-19-11-10-16(15-7-3-2-4-8-15)22-17(19)13-20(25-22)26-23(28)18-14-24-21-9-5-6-12-27(18)21/h2-4,7-8,10-11,14H,5-6,9,12-13H2,1H3,(H,25,26,28). The second-order valence-corrected chi connectivity index (χ2v) is 7.37. The summed E-state index contributed by atoms with van der Waals surface area (Å²) in [6.07, 6.45) is 5.34. The molecule has 0 aliphatic carbocycles. The molecule has 6 nitrogen and oxygen atoms in total. The summed E-state index contributed by atoms with van der Waals surface area (Å²) in [5, 5.41) is 3.00. The summed E-state index contributed by atoms with van der Waals surface area (Å²) in [5.41, 5.74) is 4.59. The van der Waals surface area contributed by atoms with Crippen molar-refractivity contribution in [2.75, 3.05) is 7.11 Å². The van der Waals surface area contributed by atoms with Crippen LogP contribution in [0.1, 0.15) is 34.7 Å². The molecule has 0 radical (unpaired) electrons. The Hall–Kier alpha value is -3.41. The third kappa shape index (κ3) is 3.10. The average Bonchev–Trinajstić information content (AvgIpc) is 3.38. The summed E-state index contributed by atoms with van der Waals surface area (Å²) in [5.74, 6) is 2.26. The number of aryl methyl sites for hydroxylation is 1. The van der Waals surface area contributed by atoms with Crippen molar-refractivity contribution in [3.8, 4) is 16.9 Å². The number of aromatic nitrogens is 2. The van der Waals surface area contributed by atoms with Gasteiger partial charge < -0.3 is 14.6 Å². The van der Waals surface area contributed by atoms with E-state index in [1.54, 1.807) is 13.3 Å². The van der Waals surface area contributed by atoms with E-state index in [1.807, 2.05) is 34.9 Å². The summed E-state index contributed by atoms with van der Waals surface area (Å²) >= 11 is 0. The lowest BCUT2D eigenvalue weighted by Crippen LogP contribution is -2.32. The first-order valence-corrected chi connectivity index (χ1v) is 9.93. The van der Waals surface area contributed by atoms with E-state index in [2.05, 4.69) is 22.4 Å². The number of fused-ring (bicyclic) bond motifs is 2. The number of carbonyl (C=O) groups is 1. The van der Waals surface area contributed by atoms with E-state index >= 15 is 0 Å². The van der Waals surface area contributed by atoms with Gasteiger partial charge in [0.2, 0.25) is 0 Å². The van der Waals surface area contributed by atoms with Gasteiger partial charge in [-0.3, -0.25) is 4.79 Å². The van der Waals surface area contributed by atoms with Crippen LogP contribution in [0.15, 0.2) is 53.7 Å². The van der Waals surface area contributed by atoms with Crippen molar-refractivity contribution in [3.05, 3.63) is 65.7 Å². The van der Waals surface area contributed by atoms with Crippen molar-refractivity contribution in [3.63, 3.8) is 0 Å². The van der Waals surface area contributed by atoms with E-state index in [-0.39, 0.29) is 5.91 Å². The van der Waals surface area contributed by atoms with Crippen LogP contribution in [0.2, 0.25) is 0 Å². The van der Waals surface area contributed by atoms with Gasteiger partial charge in [-0.05, 0) is 30.5 Å². The normalized spacial score (nSPS) is 14.7. The molecule has 0 fully saturated rings. The van der Waals surface area contributed by atoms with Crippen LogP contribution in [-0.2, 0) is 19.4 Å². The smallest absolute Gasteiger partial charge is 0.274 e. The van der Waals surface area contributed by atoms with Crippen molar-refractivity contribution in [1.82, 2.24) is 14.9 Å². The molecule has 1 N–H and O–H groups in total. The third-order valence-electron chi connectivity index (χ3n) is 5.60. The number of aliphatic imine (C=N–C) groups is 1. The molecule has 2 aromatic carbocycles. The largest absolute Gasteiger partial charge is 0.496 e. The number of benzene rings is 2. The van der Waals surface area contributed by atoms with Gasteiger partial charge in [0, 0.05) is 30.5 Å². The van der Waals surface area contributed by atoms with Crippen LogP contribution in [-0.4, -0.2) is 28.4 Å². The summed E-state index contributed by atoms with van der Waals surface area (Å²) in [6.45, 7) is 0.844. The van der Waals surface area contributed by atoms with Gasteiger partial charge in [0.05, 0.1) is 19.0 Å². The van der Waals surface area contributed by atoms with Crippen molar-refractivity contribution >= 4 is 17.4 Å². The zero-order chi connectivity index (χ0) is 19.8. The van der Waals surface area contributed by atoms with Crippen LogP contribution in [0, 0.1) is 0 Å². The molecule has 6 heteroatoms. The quantitative estimate of drug-likeness (QED) is 0.742. The zero-order valence-electron chi connectivity index (χ0n) is 16.3. The fourth-order valence-corrected chi connectivity index (χ4v) is 4.16. The maximum Gasteiger partial charge on any atom is 0.274 e. The number of amidine groups is 1. The van der Waals surface area contributed by atoms with E-state index in [0.717, 1.165) is 59.8 Å². The molecule has 0 saturated heterocycles. The minimum atomic E-state index is -0.155. The maximum atomic E-state index is 12.9. The molecule has 3 aromatic rings. The monoisotopic (exact) mass is 386 g/mol. The molecule has 146 valence electrons. The van der Waals surface area contributed by atoms with E-state index in [9.17, 15) is 4.79 Å². The van der Waals surface area contributed by atoms with Gasteiger partial charge in [-0.15, -0.1) is 0 Å². The van der Waals surface area contributed by atoms with Crippen LogP contribution in [0.4, 0.5) is 5.69 Å². The first-order chi connectivity index (χ1) is 14.2. The van der Waals surface area contributed by atoms with Gasteiger partial charge in [-0.25, -0.2) is 9.98 Å². The van der Waals surface area contributed by atoms with Crippen LogP contribution < -0.4 is 10.1 Å². The Bertz CT molecular complexity index is 1120. The number of nitrogens with zero attached hydrogens (tertiary/aromatic N) is 3. The number of hydrogen-bond donors (Lipinski definition) is 1. The Morgan fingerprint density at radius 1 is 1.14 bits per heavy atom. The molecule has 0 bridgehead atoms. The molecule has 1 amide bonds. The minimum Gasteiger partial charge on any atom is -0.496 e. The van der Waals surface area contributed by atoms with Gasteiger partial charge in [0.1, 0.15) is 23.1 Å². The van der Waals surface area contributed by atoms with Crippen molar-refractivity contribution < 1.29 is 9.53 Å². The number of methoxy groups -OCH3 is 1. The Kier molecular flexibility index (Phi) is 4.39. The van der Waals surface area contributed by atoms with Gasteiger partial charge in [0.25, 0.3) is 5.91 Å². The molecule has 3 heterocycles. The van der Waals surface area contributed by atoms with Crippen LogP contribution in [0.5, 0.6) is 5.75 Å². The molecule has 0 spiro atoms. The molecule has 2 aliphatic rings. The van der Waals surface area contributed by atoms with Gasteiger partial charge >= 0.3 is 0 Å². The van der Waals surface area contributed by atoms with E-state index in [4.69, 9.17) is 9.73 Å². The zero-order valence-corrected chi connectivity index (χ0v) is 16.3. The van der Waals surface area contributed by atoms with Crippen LogP contribution >= 0.6 is 0 Å². The lowest BCUT2D eigenvalue weighted by atomic mass is 9.99. The number of carbonyl (C=O) groups excluding carboxylic acids is 1. The Labute approximate surface area is 169 Å². The summed E-state index contributed by atoms with van der Waals surface area (Å²) in [4.78, 5) is 22.1. The summed E-state index contributed by atoms with van der Waals surface area (Å²) < 4.78 is 7.57. The second kappa shape index (κ2) is 7.20. The molecule has 0 unspecified atom stereocenters. The summed E-state index contributed by atoms with van der Waals surface area (Å²) in [6, 6.07) is 14.1. The molecule has 29 heavy (non-hydrogen) atoms. The van der Waals surface area contributed by atoms with Crippen molar-refractivity contribution in [2.45, 2.75) is 32.2 Å². The highest BCUT2D eigenvalue weighted by molar-refractivity contribution is 6.09. The number of amides is 1. The SMILES string of the molecule is COc1ccc(-c2ccccc2)c2c1CC(NC(=O)c1cnc3n1CCCC3)=N2. The Morgan fingerprint density at radius 2 is 2.00 bits per heavy atom. The predicted octanol–water partition coefficient (Wildman–Crippen LogP) is 3.91. The number of nitrogens with one attached hydrogen (secondary N) is 1. The maximum absolute atomic E-state index is 12.9. The first kappa shape index (κ1) is 17.7. The Balaban J connectivity index is 1.46. The van der Waals surface area contributed by atoms with E-state index in [1.165, 1.54) is 0 Å². The predicted molar refractivity (Wildman–Crippen MR) is 112 cm³/mol. The van der Waals surface area contributed by atoms with Crippen LogP contribution in [0.25, 0.3) is 11.1 Å². The number of ether oxygens (including phenoxy) is 1. The molecule has 1 aromatic heterocycles. The van der Waals surface area contributed by atoms with Gasteiger partial charge in [-0.1, -0.05) is 30.3 Å². The second-order valence-electron chi connectivity index (χ2n) is 7.37. The average molecular weight is 386 g/mol. The fourth-order valence-electron chi connectivity index (χ4n) is 4.16. The molecule has 5 rings (SSSR count). The lowest BCUT2D eigenvalue weighted by Gasteiger charge is -2.16. The van der Waals surface area contributed by atoms with Crippen molar-refractivity contribution in [2.24, 2.45) is 4.99 Å². The first-order valence-electron chi connectivity index (χ1n) is 9.93. The topological polar surface area (TPSA) is 68.5 Å². The van der Waals surface area contributed by atoms with Gasteiger partial charge in [-0.2, -0.15) is 0 Å².